The summed E-state index contributed by atoms with van der Waals surface area (Å²) in [6, 6.07) is 2.07. The summed E-state index contributed by atoms with van der Waals surface area (Å²) in [5.74, 6) is 1.63. The average Bonchev–Trinajstić information content (AvgIpc) is 3.05. The SMILES string of the molecule is CCC(N)c1noc(C2CCCc3sccc32)n1. The molecule has 5 heteroatoms. The van der Waals surface area contributed by atoms with Crippen molar-refractivity contribution in [3.8, 4) is 0 Å². The lowest BCUT2D eigenvalue weighted by atomic mass is 9.88. The van der Waals surface area contributed by atoms with E-state index >= 15 is 0 Å². The zero-order valence-electron chi connectivity index (χ0n) is 10.4. The van der Waals surface area contributed by atoms with Crippen LogP contribution in [-0.4, -0.2) is 10.1 Å². The first-order valence-electron chi connectivity index (χ1n) is 6.45. The van der Waals surface area contributed by atoms with Gasteiger partial charge in [-0.25, -0.2) is 0 Å². The van der Waals surface area contributed by atoms with Gasteiger partial charge >= 0.3 is 0 Å². The average molecular weight is 263 g/mol. The molecule has 2 heterocycles. The first-order chi connectivity index (χ1) is 8.79. The smallest absolute Gasteiger partial charge is 0.234 e. The van der Waals surface area contributed by atoms with Crippen LogP contribution in [0.2, 0.25) is 0 Å². The summed E-state index contributed by atoms with van der Waals surface area (Å²) in [5.41, 5.74) is 7.30. The van der Waals surface area contributed by atoms with Crippen LogP contribution in [0.25, 0.3) is 0 Å². The molecule has 1 aliphatic carbocycles. The molecule has 1 aliphatic rings. The monoisotopic (exact) mass is 263 g/mol. The van der Waals surface area contributed by atoms with Crippen LogP contribution in [0.4, 0.5) is 0 Å². The topological polar surface area (TPSA) is 64.9 Å². The number of fused-ring (bicyclic) bond motifs is 1. The van der Waals surface area contributed by atoms with Crippen molar-refractivity contribution in [1.29, 1.82) is 0 Å². The minimum absolute atomic E-state index is 0.118. The lowest BCUT2D eigenvalue weighted by Crippen LogP contribution is -2.12. The van der Waals surface area contributed by atoms with Gasteiger partial charge in [0.15, 0.2) is 5.82 Å². The Morgan fingerprint density at radius 2 is 2.50 bits per heavy atom. The lowest BCUT2D eigenvalue weighted by molar-refractivity contribution is 0.348. The van der Waals surface area contributed by atoms with E-state index in [1.54, 1.807) is 0 Å². The maximum Gasteiger partial charge on any atom is 0.234 e. The van der Waals surface area contributed by atoms with Gasteiger partial charge < -0.3 is 10.3 Å². The highest BCUT2D eigenvalue weighted by Gasteiger charge is 2.28. The summed E-state index contributed by atoms with van der Waals surface area (Å²) in [6.07, 6.45) is 4.29. The van der Waals surface area contributed by atoms with Gasteiger partial charge in [0.2, 0.25) is 5.89 Å². The molecule has 3 rings (SSSR count). The number of hydrogen-bond donors (Lipinski definition) is 1. The third kappa shape index (κ3) is 1.97. The van der Waals surface area contributed by atoms with Gasteiger partial charge in [-0.2, -0.15) is 4.98 Å². The first-order valence-corrected chi connectivity index (χ1v) is 7.33. The fourth-order valence-corrected chi connectivity index (χ4v) is 3.45. The van der Waals surface area contributed by atoms with E-state index < -0.39 is 0 Å². The molecule has 0 amide bonds. The molecule has 0 bridgehead atoms. The van der Waals surface area contributed by atoms with Crippen molar-refractivity contribution in [3.05, 3.63) is 33.6 Å². The Bertz CT molecular complexity index is 534. The van der Waals surface area contributed by atoms with Crippen molar-refractivity contribution in [1.82, 2.24) is 10.1 Å². The van der Waals surface area contributed by atoms with Crippen LogP contribution in [0.1, 0.15) is 60.3 Å². The predicted molar refractivity (Wildman–Crippen MR) is 70.6 cm³/mol. The second kappa shape index (κ2) is 4.82. The molecule has 0 saturated carbocycles. The number of nitrogens with two attached hydrogens (primary N) is 1. The zero-order chi connectivity index (χ0) is 12.5. The highest BCUT2D eigenvalue weighted by atomic mass is 32.1. The number of aromatic nitrogens is 2. The molecule has 2 unspecified atom stereocenters. The third-order valence-electron chi connectivity index (χ3n) is 3.58. The first kappa shape index (κ1) is 11.9. The van der Waals surface area contributed by atoms with E-state index in [1.165, 1.54) is 23.3 Å². The summed E-state index contributed by atoms with van der Waals surface area (Å²) in [5, 5.41) is 6.16. The van der Waals surface area contributed by atoms with E-state index in [2.05, 4.69) is 21.6 Å². The molecule has 96 valence electrons. The molecule has 2 aromatic heterocycles. The van der Waals surface area contributed by atoms with E-state index in [4.69, 9.17) is 10.3 Å². The van der Waals surface area contributed by atoms with E-state index in [1.807, 2.05) is 18.3 Å². The van der Waals surface area contributed by atoms with Crippen molar-refractivity contribution < 1.29 is 4.52 Å². The van der Waals surface area contributed by atoms with E-state index in [0.29, 0.717) is 5.82 Å². The number of rotatable bonds is 3. The second-order valence-electron chi connectivity index (χ2n) is 4.75. The van der Waals surface area contributed by atoms with Crippen LogP contribution in [0.15, 0.2) is 16.0 Å². The van der Waals surface area contributed by atoms with Crippen molar-refractivity contribution in [3.63, 3.8) is 0 Å². The number of nitrogens with zero attached hydrogens (tertiary/aromatic N) is 2. The third-order valence-corrected chi connectivity index (χ3v) is 4.58. The van der Waals surface area contributed by atoms with Crippen LogP contribution < -0.4 is 5.73 Å². The van der Waals surface area contributed by atoms with Gasteiger partial charge in [0.25, 0.3) is 0 Å². The van der Waals surface area contributed by atoms with Gasteiger partial charge in [0.05, 0.1) is 12.0 Å². The Labute approximate surface area is 110 Å². The Hall–Kier alpha value is -1.20. The van der Waals surface area contributed by atoms with Crippen LogP contribution in [0.3, 0.4) is 0 Å². The molecule has 0 fully saturated rings. The van der Waals surface area contributed by atoms with Gasteiger partial charge in [0, 0.05) is 4.88 Å². The molecule has 4 nitrogen and oxygen atoms in total. The van der Waals surface area contributed by atoms with Crippen molar-refractivity contribution in [2.75, 3.05) is 0 Å². The zero-order valence-corrected chi connectivity index (χ0v) is 11.2. The molecular formula is C13H17N3OS. The summed E-state index contributed by atoms with van der Waals surface area (Å²) in [7, 11) is 0. The van der Waals surface area contributed by atoms with Gasteiger partial charge in [-0.1, -0.05) is 12.1 Å². The van der Waals surface area contributed by atoms with E-state index in [-0.39, 0.29) is 12.0 Å². The summed E-state index contributed by atoms with van der Waals surface area (Å²) >= 11 is 1.83. The number of aryl methyl sites for hydroxylation is 1. The second-order valence-corrected chi connectivity index (χ2v) is 5.75. The largest absolute Gasteiger partial charge is 0.339 e. The van der Waals surface area contributed by atoms with Gasteiger partial charge in [0.1, 0.15) is 0 Å². The maximum atomic E-state index is 5.93. The standard InChI is InChI=1S/C13H17N3OS/c1-2-10(14)12-15-13(17-16-12)9-4-3-5-11-8(9)6-7-18-11/h6-7,9-10H,2-5,14H2,1H3. The highest BCUT2D eigenvalue weighted by Crippen LogP contribution is 2.38. The van der Waals surface area contributed by atoms with E-state index in [0.717, 1.165) is 18.7 Å². The van der Waals surface area contributed by atoms with Gasteiger partial charge in [-0.15, -0.1) is 11.3 Å². The van der Waals surface area contributed by atoms with Crippen LogP contribution in [0, 0.1) is 0 Å². The molecule has 2 aromatic rings. The van der Waals surface area contributed by atoms with Crippen molar-refractivity contribution in [2.45, 2.75) is 44.6 Å². The molecule has 0 radical (unpaired) electrons. The van der Waals surface area contributed by atoms with Crippen LogP contribution >= 0.6 is 11.3 Å². The molecule has 18 heavy (non-hydrogen) atoms. The number of thiophene rings is 1. The minimum Gasteiger partial charge on any atom is -0.339 e. The quantitative estimate of drug-likeness (QED) is 0.924. The van der Waals surface area contributed by atoms with Crippen molar-refractivity contribution in [2.24, 2.45) is 5.73 Å². The van der Waals surface area contributed by atoms with Crippen LogP contribution in [0.5, 0.6) is 0 Å². The Balaban J connectivity index is 1.90. The normalized spacial score (nSPS) is 20.7. The summed E-state index contributed by atoms with van der Waals surface area (Å²) < 4.78 is 5.42. The molecule has 0 spiro atoms. The Kier molecular flexibility index (Phi) is 3.18. The summed E-state index contributed by atoms with van der Waals surface area (Å²) in [6.45, 7) is 2.03. The molecular weight excluding hydrogens is 246 g/mol. The van der Waals surface area contributed by atoms with Gasteiger partial charge in [-0.05, 0) is 42.7 Å². The molecule has 0 saturated heterocycles. The molecule has 2 atom stereocenters. The minimum atomic E-state index is -0.118. The number of hydrogen-bond acceptors (Lipinski definition) is 5. The van der Waals surface area contributed by atoms with Gasteiger partial charge in [-0.3, -0.25) is 0 Å². The lowest BCUT2D eigenvalue weighted by Gasteiger charge is -2.18. The Morgan fingerprint density at radius 3 is 3.33 bits per heavy atom. The molecule has 0 aromatic carbocycles. The Morgan fingerprint density at radius 1 is 1.61 bits per heavy atom. The fraction of sp³-hybridized carbons (Fsp3) is 0.538. The summed E-state index contributed by atoms with van der Waals surface area (Å²) in [4.78, 5) is 5.95. The maximum absolute atomic E-state index is 5.93. The van der Waals surface area contributed by atoms with Crippen molar-refractivity contribution >= 4 is 11.3 Å². The highest BCUT2D eigenvalue weighted by molar-refractivity contribution is 7.10. The predicted octanol–water partition coefficient (Wildman–Crippen LogP) is 3.01. The molecule has 2 N–H and O–H groups in total. The fourth-order valence-electron chi connectivity index (χ4n) is 2.46. The van der Waals surface area contributed by atoms with E-state index in [9.17, 15) is 0 Å². The van der Waals surface area contributed by atoms with Crippen LogP contribution in [-0.2, 0) is 6.42 Å². The molecule has 0 aliphatic heterocycles.